The number of hydrogen-bond acceptors (Lipinski definition) is 5. The summed E-state index contributed by atoms with van der Waals surface area (Å²) < 4.78 is 2.13. The maximum absolute atomic E-state index is 12.4. The van der Waals surface area contributed by atoms with Crippen LogP contribution < -0.4 is 5.32 Å². The van der Waals surface area contributed by atoms with Crippen molar-refractivity contribution in [3.63, 3.8) is 0 Å². The first-order valence-electron chi connectivity index (χ1n) is 7.95. The highest BCUT2D eigenvalue weighted by atomic mass is 32.2. The Morgan fingerprint density at radius 3 is 2.58 bits per heavy atom. The Morgan fingerprint density at radius 1 is 1.25 bits per heavy atom. The van der Waals surface area contributed by atoms with Crippen molar-refractivity contribution < 1.29 is 9.59 Å². The zero-order valence-electron chi connectivity index (χ0n) is 13.8. The van der Waals surface area contributed by atoms with Crippen LogP contribution in [0, 0.1) is 6.92 Å². The standard InChI is InChI=1S/C17H20N4O2S/c1-11-19-20-17(21(11)15-7-8-15)24-10-16(23)14-5-3-13(4-6-14)9-18-12(2)22/h3-6,15H,7-10H2,1-2H3,(H,18,22). The van der Waals surface area contributed by atoms with Gasteiger partial charge in [-0.1, -0.05) is 36.0 Å². The molecule has 126 valence electrons. The lowest BCUT2D eigenvalue weighted by Crippen LogP contribution is -2.18. The summed E-state index contributed by atoms with van der Waals surface area (Å²) in [7, 11) is 0. The third-order valence-corrected chi connectivity index (χ3v) is 4.84. The third kappa shape index (κ3) is 4.03. The average molecular weight is 344 g/mol. The lowest BCUT2D eigenvalue weighted by Gasteiger charge is -2.06. The number of thioether (sulfide) groups is 1. The van der Waals surface area contributed by atoms with E-state index >= 15 is 0 Å². The molecule has 7 heteroatoms. The Hall–Kier alpha value is -2.15. The van der Waals surface area contributed by atoms with Gasteiger partial charge in [0.1, 0.15) is 5.82 Å². The fourth-order valence-electron chi connectivity index (χ4n) is 2.45. The van der Waals surface area contributed by atoms with Gasteiger partial charge in [-0.2, -0.15) is 0 Å². The smallest absolute Gasteiger partial charge is 0.217 e. The fourth-order valence-corrected chi connectivity index (χ4v) is 3.40. The molecule has 0 unspecified atom stereocenters. The molecule has 1 aromatic heterocycles. The number of nitrogens with one attached hydrogen (secondary N) is 1. The van der Waals surface area contributed by atoms with Gasteiger partial charge in [0.15, 0.2) is 10.9 Å². The number of carbonyl (C=O) groups excluding carboxylic acids is 2. The van der Waals surface area contributed by atoms with Gasteiger partial charge in [0.25, 0.3) is 0 Å². The molecular weight excluding hydrogens is 324 g/mol. The topological polar surface area (TPSA) is 76.9 Å². The molecular formula is C17H20N4O2S. The van der Waals surface area contributed by atoms with E-state index in [4.69, 9.17) is 0 Å². The highest BCUT2D eigenvalue weighted by Crippen LogP contribution is 2.38. The summed E-state index contributed by atoms with van der Waals surface area (Å²) in [6.07, 6.45) is 2.33. The zero-order chi connectivity index (χ0) is 17.1. The number of hydrogen-bond donors (Lipinski definition) is 1. The number of benzene rings is 1. The van der Waals surface area contributed by atoms with Crippen molar-refractivity contribution in [2.45, 2.75) is 44.4 Å². The first-order chi connectivity index (χ1) is 11.5. The molecule has 1 aliphatic carbocycles. The van der Waals surface area contributed by atoms with Crippen LogP contribution in [0.3, 0.4) is 0 Å². The van der Waals surface area contributed by atoms with Gasteiger partial charge in [-0.25, -0.2) is 0 Å². The molecule has 3 rings (SSSR count). The highest BCUT2D eigenvalue weighted by molar-refractivity contribution is 7.99. The molecule has 6 nitrogen and oxygen atoms in total. The molecule has 1 amide bonds. The van der Waals surface area contributed by atoms with E-state index in [2.05, 4.69) is 20.1 Å². The number of aryl methyl sites for hydroxylation is 1. The van der Waals surface area contributed by atoms with Gasteiger partial charge < -0.3 is 9.88 Å². The predicted octanol–water partition coefficient (Wildman–Crippen LogP) is 2.53. The minimum atomic E-state index is -0.0679. The highest BCUT2D eigenvalue weighted by Gasteiger charge is 2.28. The zero-order valence-corrected chi connectivity index (χ0v) is 14.6. The van der Waals surface area contributed by atoms with Crippen LogP contribution in [0.1, 0.15) is 47.6 Å². The summed E-state index contributed by atoms with van der Waals surface area (Å²) in [5, 5.41) is 11.9. The summed E-state index contributed by atoms with van der Waals surface area (Å²) in [5.41, 5.74) is 1.64. The molecule has 1 aliphatic rings. The van der Waals surface area contributed by atoms with Gasteiger partial charge in [-0.05, 0) is 25.3 Å². The van der Waals surface area contributed by atoms with Crippen LogP contribution in [0.2, 0.25) is 0 Å². The first kappa shape index (κ1) is 16.7. The largest absolute Gasteiger partial charge is 0.352 e. The van der Waals surface area contributed by atoms with Crippen LogP contribution in [0.5, 0.6) is 0 Å². The third-order valence-electron chi connectivity index (χ3n) is 3.90. The number of nitrogens with zero attached hydrogens (tertiary/aromatic N) is 3. The SMILES string of the molecule is CC(=O)NCc1ccc(C(=O)CSc2nnc(C)n2C2CC2)cc1. The Bertz CT molecular complexity index is 750. The van der Waals surface area contributed by atoms with E-state index in [1.165, 1.54) is 18.7 Å². The molecule has 0 spiro atoms. The van der Waals surface area contributed by atoms with E-state index in [-0.39, 0.29) is 11.7 Å². The van der Waals surface area contributed by atoms with E-state index < -0.39 is 0 Å². The van der Waals surface area contributed by atoms with Crippen molar-refractivity contribution >= 4 is 23.5 Å². The van der Waals surface area contributed by atoms with Crippen molar-refractivity contribution in [1.29, 1.82) is 0 Å². The van der Waals surface area contributed by atoms with Crippen molar-refractivity contribution in [3.8, 4) is 0 Å². The van der Waals surface area contributed by atoms with Crippen LogP contribution in [0.25, 0.3) is 0 Å². The van der Waals surface area contributed by atoms with E-state index in [9.17, 15) is 9.59 Å². The summed E-state index contributed by atoms with van der Waals surface area (Å²) in [4.78, 5) is 23.3. The van der Waals surface area contributed by atoms with Gasteiger partial charge in [-0.3, -0.25) is 9.59 Å². The second-order valence-electron chi connectivity index (χ2n) is 5.95. The number of aromatic nitrogens is 3. The van der Waals surface area contributed by atoms with Crippen molar-refractivity contribution in [1.82, 2.24) is 20.1 Å². The summed E-state index contributed by atoms with van der Waals surface area (Å²) in [6, 6.07) is 7.84. The van der Waals surface area contributed by atoms with E-state index in [1.54, 1.807) is 12.1 Å². The molecule has 2 aromatic rings. The van der Waals surface area contributed by atoms with Crippen molar-refractivity contribution in [3.05, 3.63) is 41.2 Å². The van der Waals surface area contributed by atoms with Gasteiger partial charge >= 0.3 is 0 Å². The molecule has 0 radical (unpaired) electrons. The van der Waals surface area contributed by atoms with E-state index in [1.807, 2.05) is 19.1 Å². The minimum absolute atomic E-state index is 0.0640. The number of amides is 1. The normalized spacial score (nSPS) is 13.8. The molecule has 1 fully saturated rings. The van der Waals surface area contributed by atoms with Crippen molar-refractivity contribution in [2.75, 3.05) is 5.75 Å². The number of ketones is 1. The molecule has 0 saturated heterocycles. The maximum atomic E-state index is 12.4. The van der Waals surface area contributed by atoms with Crippen molar-refractivity contribution in [2.24, 2.45) is 0 Å². The van der Waals surface area contributed by atoms with Crippen LogP contribution >= 0.6 is 11.8 Å². The van der Waals surface area contributed by atoms with Gasteiger partial charge in [0.2, 0.25) is 5.91 Å². The molecule has 0 aliphatic heterocycles. The summed E-state index contributed by atoms with van der Waals surface area (Å²) >= 11 is 1.44. The van der Waals surface area contributed by atoms with Crippen LogP contribution in [0.4, 0.5) is 0 Å². The number of Topliss-reactive ketones (excluding diaryl/α,β-unsaturated/α-hetero) is 1. The lowest BCUT2D eigenvalue weighted by molar-refractivity contribution is -0.119. The van der Waals surface area contributed by atoms with Gasteiger partial charge in [-0.15, -0.1) is 10.2 Å². The molecule has 1 saturated carbocycles. The summed E-state index contributed by atoms with van der Waals surface area (Å²) in [6.45, 7) is 3.91. The second-order valence-corrected chi connectivity index (χ2v) is 6.89. The molecule has 1 heterocycles. The van der Waals surface area contributed by atoms with Gasteiger partial charge in [0, 0.05) is 25.1 Å². The minimum Gasteiger partial charge on any atom is -0.352 e. The number of carbonyl (C=O) groups is 2. The Balaban J connectivity index is 1.58. The Labute approximate surface area is 145 Å². The predicted molar refractivity (Wildman–Crippen MR) is 92.0 cm³/mol. The summed E-state index contributed by atoms with van der Waals surface area (Å²) in [5.74, 6) is 1.25. The Kier molecular flexibility index (Phi) is 4.99. The molecule has 24 heavy (non-hydrogen) atoms. The van der Waals surface area contributed by atoms with E-state index in [0.29, 0.717) is 23.9 Å². The second kappa shape index (κ2) is 7.17. The average Bonchev–Trinajstić information content (AvgIpc) is 3.34. The quantitative estimate of drug-likeness (QED) is 0.617. The van der Waals surface area contributed by atoms with Crippen LogP contribution in [0.15, 0.2) is 29.4 Å². The first-order valence-corrected chi connectivity index (χ1v) is 8.94. The fraction of sp³-hybridized carbons (Fsp3) is 0.412. The molecule has 1 N–H and O–H groups in total. The molecule has 1 aromatic carbocycles. The Morgan fingerprint density at radius 2 is 1.96 bits per heavy atom. The van der Waals surface area contributed by atoms with Crippen LogP contribution in [-0.2, 0) is 11.3 Å². The molecule has 0 bridgehead atoms. The van der Waals surface area contributed by atoms with Gasteiger partial charge in [0.05, 0.1) is 5.75 Å². The maximum Gasteiger partial charge on any atom is 0.217 e. The monoisotopic (exact) mass is 344 g/mol. The van der Waals surface area contributed by atoms with Crippen LogP contribution in [-0.4, -0.2) is 32.2 Å². The van der Waals surface area contributed by atoms with E-state index in [0.717, 1.165) is 29.4 Å². The molecule has 0 atom stereocenters. The number of rotatable bonds is 7. The lowest BCUT2D eigenvalue weighted by atomic mass is 10.1.